The smallest absolute Gasteiger partial charge is 0.267 e. The van der Waals surface area contributed by atoms with Gasteiger partial charge in [0.15, 0.2) is 0 Å². The molecule has 2 atom stereocenters. The van der Waals surface area contributed by atoms with Gasteiger partial charge in [0.05, 0.1) is 16.7 Å². The van der Waals surface area contributed by atoms with Crippen molar-refractivity contribution in [2.75, 3.05) is 25.0 Å². The molecule has 2 aromatic rings. The SMILES string of the molecule is C[C@@H]1CCN(C(=O)CC#N)C[C@@H]1N(C)c1ccn(S(=O)(=O)c2ccccc2)c1. The lowest BCUT2D eigenvalue weighted by molar-refractivity contribution is -0.131. The van der Waals surface area contributed by atoms with E-state index in [1.54, 1.807) is 53.7 Å². The molecule has 0 bridgehead atoms. The van der Waals surface area contributed by atoms with Crippen LogP contribution in [0.2, 0.25) is 0 Å². The first-order valence-electron chi connectivity index (χ1n) is 9.20. The van der Waals surface area contributed by atoms with Gasteiger partial charge in [0.1, 0.15) is 6.42 Å². The van der Waals surface area contributed by atoms with Crippen molar-refractivity contribution in [2.45, 2.75) is 30.7 Å². The number of hydrogen-bond donors (Lipinski definition) is 0. The molecular weight excluding hydrogens is 376 g/mol. The fraction of sp³-hybridized carbons (Fsp3) is 0.400. The van der Waals surface area contributed by atoms with Crippen LogP contribution in [0.25, 0.3) is 0 Å². The molecule has 0 aliphatic carbocycles. The van der Waals surface area contributed by atoms with Gasteiger partial charge in [0, 0.05) is 38.6 Å². The third kappa shape index (κ3) is 3.90. The van der Waals surface area contributed by atoms with Crippen molar-refractivity contribution in [1.29, 1.82) is 5.26 Å². The molecule has 1 aliphatic heterocycles. The minimum atomic E-state index is -3.64. The van der Waals surface area contributed by atoms with E-state index in [4.69, 9.17) is 5.26 Å². The first-order chi connectivity index (χ1) is 13.3. The second-order valence-corrected chi connectivity index (χ2v) is 8.98. The van der Waals surface area contributed by atoms with E-state index in [-0.39, 0.29) is 23.3 Å². The molecule has 1 fully saturated rings. The third-order valence-electron chi connectivity index (χ3n) is 5.38. The number of nitriles is 1. The zero-order chi connectivity index (χ0) is 20.3. The molecule has 0 radical (unpaired) electrons. The van der Waals surface area contributed by atoms with Gasteiger partial charge < -0.3 is 9.80 Å². The monoisotopic (exact) mass is 400 g/mol. The van der Waals surface area contributed by atoms with Crippen molar-refractivity contribution in [3.63, 3.8) is 0 Å². The second kappa shape index (κ2) is 8.07. The van der Waals surface area contributed by atoms with Gasteiger partial charge in [-0.2, -0.15) is 5.26 Å². The number of carbonyl (C=O) groups excluding carboxylic acids is 1. The number of hydrogen-bond acceptors (Lipinski definition) is 5. The Kier molecular flexibility index (Phi) is 5.75. The predicted molar refractivity (Wildman–Crippen MR) is 106 cm³/mol. The third-order valence-corrected chi connectivity index (χ3v) is 7.03. The first kappa shape index (κ1) is 20.0. The number of carbonyl (C=O) groups is 1. The van der Waals surface area contributed by atoms with Gasteiger partial charge in [-0.25, -0.2) is 12.4 Å². The summed E-state index contributed by atoms with van der Waals surface area (Å²) in [7, 11) is -1.73. The first-order valence-corrected chi connectivity index (χ1v) is 10.6. The quantitative estimate of drug-likeness (QED) is 0.769. The van der Waals surface area contributed by atoms with E-state index < -0.39 is 10.0 Å². The molecule has 1 aromatic carbocycles. The van der Waals surface area contributed by atoms with Crippen LogP contribution in [0.4, 0.5) is 5.69 Å². The highest BCUT2D eigenvalue weighted by atomic mass is 32.2. The normalized spacial score (nSPS) is 19.8. The summed E-state index contributed by atoms with van der Waals surface area (Å²) in [6.45, 7) is 3.30. The van der Waals surface area contributed by atoms with Crippen LogP contribution in [0.3, 0.4) is 0 Å². The van der Waals surface area contributed by atoms with Crippen LogP contribution < -0.4 is 4.90 Å². The van der Waals surface area contributed by atoms with Crippen LogP contribution >= 0.6 is 0 Å². The van der Waals surface area contributed by atoms with Crippen molar-refractivity contribution in [1.82, 2.24) is 8.87 Å². The Balaban J connectivity index is 1.80. The highest BCUT2D eigenvalue weighted by molar-refractivity contribution is 7.90. The van der Waals surface area contributed by atoms with E-state index in [0.29, 0.717) is 19.0 Å². The molecule has 7 nitrogen and oxygen atoms in total. The van der Waals surface area contributed by atoms with Crippen molar-refractivity contribution in [3.8, 4) is 6.07 Å². The molecule has 0 N–H and O–H groups in total. The lowest BCUT2D eigenvalue weighted by atomic mass is 9.92. The number of anilines is 1. The molecule has 0 unspecified atom stereocenters. The summed E-state index contributed by atoms with van der Waals surface area (Å²) in [5, 5.41) is 8.78. The van der Waals surface area contributed by atoms with E-state index in [1.807, 2.05) is 18.0 Å². The van der Waals surface area contributed by atoms with Crippen LogP contribution in [-0.4, -0.2) is 49.4 Å². The summed E-state index contributed by atoms with van der Waals surface area (Å²) >= 11 is 0. The van der Waals surface area contributed by atoms with Gasteiger partial charge in [0.25, 0.3) is 10.0 Å². The standard InChI is InChI=1S/C20H24N4O3S/c1-16-9-12-23(20(25)8-11-21)15-19(16)22(2)17-10-13-24(14-17)28(26,27)18-6-4-3-5-7-18/h3-7,10,13-14,16,19H,8-9,12,15H2,1-2H3/t16-,19+/m1/s1. The van der Waals surface area contributed by atoms with Gasteiger partial charge >= 0.3 is 0 Å². The zero-order valence-electron chi connectivity index (χ0n) is 16.0. The van der Waals surface area contributed by atoms with E-state index in [1.165, 1.54) is 3.97 Å². The van der Waals surface area contributed by atoms with Crippen LogP contribution in [-0.2, 0) is 14.8 Å². The Morgan fingerprint density at radius 1 is 1.29 bits per heavy atom. The van der Waals surface area contributed by atoms with Crippen molar-refractivity contribution >= 4 is 21.6 Å². The fourth-order valence-electron chi connectivity index (χ4n) is 3.59. The molecule has 1 aliphatic rings. The van der Waals surface area contributed by atoms with Crippen LogP contribution in [0.1, 0.15) is 19.8 Å². The van der Waals surface area contributed by atoms with Gasteiger partial charge in [0.2, 0.25) is 5.91 Å². The number of nitrogens with zero attached hydrogens (tertiary/aromatic N) is 4. The maximum absolute atomic E-state index is 12.8. The number of likely N-dealkylation sites (tertiary alicyclic amines) is 1. The van der Waals surface area contributed by atoms with Gasteiger partial charge in [-0.05, 0) is 30.5 Å². The number of rotatable bonds is 5. The minimum absolute atomic E-state index is 0.0478. The van der Waals surface area contributed by atoms with Crippen molar-refractivity contribution in [2.24, 2.45) is 5.92 Å². The Bertz CT molecular complexity index is 978. The Labute approximate surface area is 165 Å². The van der Waals surface area contributed by atoms with Crippen LogP contribution in [0.15, 0.2) is 53.7 Å². The Morgan fingerprint density at radius 3 is 2.68 bits per heavy atom. The molecule has 1 saturated heterocycles. The summed E-state index contributed by atoms with van der Waals surface area (Å²) in [5.41, 5.74) is 0.769. The van der Waals surface area contributed by atoms with E-state index in [2.05, 4.69) is 6.92 Å². The Morgan fingerprint density at radius 2 is 2.00 bits per heavy atom. The van der Waals surface area contributed by atoms with E-state index >= 15 is 0 Å². The average molecular weight is 401 g/mol. The maximum atomic E-state index is 12.8. The number of amides is 1. The molecule has 2 heterocycles. The average Bonchev–Trinajstić information content (AvgIpc) is 3.20. The molecule has 8 heteroatoms. The van der Waals surface area contributed by atoms with Gasteiger partial charge in [-0.1, -0.05) is 25.1 Å². The minimum Gasteiger partial charge on any atom is -0.368 e. The highest BCUT2D eigenvalue weighted by Gasteiger charge is 2.32. The van der Waals surface area contributed by atoms with Crippen LogP contribution in [0, 0.1) is 17.2 Å². The molecule has 1 aromatic heterocycles. The molecule has 3 rings (SSSR count). The van der Waals surface area contributed by atoms with Crippen LogP contribution in [0.5, 0.6) is 0 Å². The molecule has 1 amide bonds. The summed E-state index contributed by atoms with van der Waals surface area (Å²) in [5.74, 6) is 0.183. The number of benzene rings is 1. The molecule has 28 heavy (non-hydrogen) atoms. The zero-order valence-corrected chi connectivity index (χ0v) is 16.8. The molecule has 0 saturated carbocycles. The van der Waals surface area contributed by atoms with Crippen molar-refractivity contribution in [3.05, 3.63) is 48.8 Å². The molecule has 0 spiro atoms. The lowest BCUT2D eigenvalue weighted by Gasteiger charge is -2.42. The van der Waals surface area contributed by atoms with Gasteiger partial charge in [-0.3, -0.25) is 4.79 Å². The Hall–Kier alpha value is -2.79. The largest absolute Gasteiger partial charge is 0.368 e. The number of aromatic nitrogens is 1. The summed E-state index contributed by atoms with van der Waals surface area (Å²) in [4.78, 5) is 16.1. The summed E-state index contributed by atoms with van der Waals surface area (Å²) in [6, 6.07) is 12.0. The van der Waals surface area contributed by atoms with Crippen molar-refractivity contribution < 1.29 is 13.2 Å². The lowest BCUT2D eigenvalue weighted by Crippen LogP contribution is -2.52. The number of likely N-dealkylation sites (N-methyl/N-ethyl adjacent to an activating group) is 1. The number of piperidine rings is 1. The summed E-state index contributed by atoms with van der Waals surface area (Å²) in [6.07, 6.45) is 3.87. The summed E-state index contributed by atoms with van der Waals surface area (Å²) < 4.78 is 26.8. The van der Waals surface area contributed by atoms with Gasteiger partial charge in [-0.15, -0.1) is 0 Å². The molecular formula is C20H24N4O3S. The second-order valence-electron chi connectivity index (χ2n) is 7.14. The molecule has 148 valence electrons. The highest BCUT2D eigenvalue weighted by Crippen LogP contribution is 2.27. The fourth-order valence-corrected chi connectivity index (χ4v) is 4.80. The van der Waals surface area contributed by atoms with E-state index in [9.17, 15) is 13.2 Å². The predicted octanol–water partition coefficient (Wildman–Crippen LogP) is 2.31. The maximum Gasteiger partial charge on any atom is 0.267 e. The van der Waals surface area contributed by atoms with E-state index in [0.717, 1.165) is 12.1 Å². The topological polar surface area (TPSA) is 86.4 Å².